The predicted octanol–water partition coefficient (Wildman–Crippen LogP) is 1.94. The molecule has 0 bridgehead atoms. The second-order valence-corrected chi connectivity index (χ2v) is 7.02. The third-order valence-electron chi connectivity index (χ3n) is 2.57. The summed E-state index contributed by atoms with van der Waals surface area (Å²) in [6.45, 7) is 13.1. The second kappa shape index (κ2) is 6.21. The highest BCUT2D eigenvalue weighted by atomic mass is 28.2. The first kappa shape index (κ1) is 12.7. The summed E-state index contributed by atoms with van der Waals surface area (Å²) in [5.74, 6) is 2.27. The van der Waals surface area contributed by atoms with Crippen molar-refractivity contribution in [3.63, 3.8) is 0 Å². The molecule has 0 spiro atoms. The summed E-state index contributed by atoms with van der Waals surface area (Å²) in [4.78, 5) is 0. The van der Waals surface area contributed by atoms with Gasteiger partial charge in [0.2, 0.25) is 0 Å². The zero-order valence-corrected chi connectivity index (χ0v) is 12.7. The quantitative estimate of drug-likeness (QED) is 0.513. The number of allylic oxidation sites excluding steroid dienone is 4. The van der Waals surface area contributed by atoms with Gasteiger partial charge in [-0.25, -0.2) is 0 Å². The van der Waals surface area contributed by atoms with E-state index in [9.17, 15) is 0 Å². The molecule has 13 heavy (non-hydrogen) atoms. The van der Waals surface area contributed by atoms with Gasteiger partial charge in [-0.3, -0.25) is 0 Å². The molecule has 0 atom stereocenters. The summed E-state index contributed by atoms with van der Waals surface area (Å²) in [5.41, 5.74) is 0. The van der Waals surface area contributed by atoms with Crippen LogP contribution in [0.25, 0.3) is 0 Å². The summed E-state index contributed by atoms with van der Waals surface area (Å²) in [7, 11) is -0.0791. The van der Waals surface area contributed by atoms with Gasteiger partial charge in [0.05, 0.1) is 30.6 Å². The van der Waals surface area contributed by atoms with Gasteiger partial charge in [-0.1, -0.05) is 23.5 Å². The van der Waals surface area contributed by atoms with E-state index in [2.05, 4.69) is 40.8 Å². The Balaban J connectivity index is 4.46. The van der Waals surface area contributed by atoms with Crippen molar-refractivity contribution in [2.24, 2.45) is 0 Å². The SMILES string of the molecule is C[SiH2]C(C)=C(C)OC(C)=C(C)[SiH2]C. The Morgan fingerprint density at radius 3 is 1.31 bits per heavy atom. The molecule has 0 radical (unpaired) electrons. The molecule has 0 heterocycles. The summed E-state index contributed by atoms with van der Waals surface area (Å²) in [5, 5.41) is 2.95. The number of hydrogen-bond acceptors (Lipinski definition) is 1. The van der Waals surface area contributed by atoms with Gasteiger partial charge in [-0.2, -0.15) is 0 Å². The lowest BCUT2D eigenvalue weighted by Crippen LogP contribution is -1.98. The Kier molecular flexibility index (Phi) is 6.07. The molecule has 0 fully saturated rings. The minimum atomic E-state index is -0.0395. The van der Waals surface area contributed by atoms with Crippen molar-refractivity contribution in [3.05, 3.63) is 21.9 Å². The standard InChI is InChI=1S/C10H22OSi2/c1-7(9(3)12-5)11-8(2)10(4)13-6/h12-13H2,1-6H3. The lowest BCUT2D eigenvalue weighted by atomic mass is 10.4. The minimum Gasteiger partial charge on any atom is -0.468 e. The van der Waals surface area contributed by atoms with Crippen LogP contribution in [0.2, 0.25) is 13.1 Å². The Morgan fingerprint density at radius 2 is 1.08 bits per heavy atom. The lowest BCUT2D eigenvalue weighted by Gasteiger charge is -2.11. The highest BCUT2D eigenvalue weighted by Gasteiger charge is 2.00. The molecule has 0 rings (SSSR count). The first-order valence-corrected chi connectivity index (χ1v) is 9.27. The number of hydrogen-bond donors (Lipinski definition) is 0. The molecule has 0 N–H and O–H groups in total. The van der Waals surface area contributed by atoms with Gasteiger partial charge < -0.3 is 4.74 Å². The smallest absolute Gasteiger partial charge is 0.0948 e. The first-order chi connectivity index (χ1) is 6.02. The Hall–Kier alpha value is -0.286. The van der Waals surface area contributed by atoms with E-state index in [4.69, 9.17) is 4.74 Å². The number of rotatable bonds is 4. The molecule has 3 heteroatoms. The van der Waals surface area contributed by atoms with Gasteiger partial charge in [-0.15, -0.1) is 0 Å². The largest absolute Gasteiger partial charge is 0.468 e. The second-order valence-electron chi connectivity index (χ2n) is 3.48. The Morgan fingerprint density at radius 1 is 0.769 bits per heavy atom. The van der Waals surface area contributed by atoms with Crippen molar-refractivity contribution in [1.29, 1.82) is 0 Å². The van der Waals surface area contributed by atoms with Gasteiger partial charge in [0.25, 0.3) is 0 Å². The maximum absolute atomic E-state index is 5.78. The highest BCUT2D eigenvalue weighted by Crippen LogP contribution is 2.12. The molecular weight excluding hydrogens is 192 g/mol. The van der Waals surface area contributed by atoms with E-state index in [1.54, 1.807) is 0 Å². The average molecular weight is 214 g/mol. The molecule has 76 valence electrons. The van der Waals surface area contributed by atoms with E-state index in [1.807, 2.05) is 0 Å². The number of ether oxygens (including phenoxy) is 1. The van der Waals surface area contributed by atoms with Crippen molar-refractivity contribution < 1.29 is 4.74 Å². The summed E-state index contributed by atoms with van der Waals surface area (Å²) in [6, 6.07) is 0. The maximum Gasteiger partial charge on any atom is 0.0948 e. The normalized spacial score (nSPS) is 16.8. The van der Waals surface area contributed by atoms with Crippen LogP contribution in [-0.2, 0) is 4.74 Å². The maximum atomic E-state index is 5.78. The molecule has 0 saturated heterocycles. The van der Waals surface area contributed by atoms with E-state index in [0.29, 0.717) is 0 Å². The van der Waals surface area contributed by atoms with Crippen molar-refractivity contribution in [1.82, 2.24) is 0 Å². The van der Waals surface area contributed by atoms with Gasteiger partial charge >= 0.3 is 0 Å². The molecule has 0 aromatic carbocycles. The molecule has 0 aromatic heterocycles. The van der Waals surface area contributed by atoms with Crippen molar-refractivity contribution in [2.45, 2.75) is 40.8 Å². The average Bonchev–Trinajstić information content (AvgIpc) is 2.14. The van der Waals surface area contributed by atoms with Crippen LogP contribution < -0.4 is 0 Å². The molecule has 1 nitrogen and oxygen atoms in total. The van der Waals surface area contributed by atoms with Crippen LogP contribution in [0.3, 0.4) is 0 Å². The molecule has 0 unspecified atom stereocenters. The highest BCUT2D eigenvalue weighted by molar-refractivity contribution is 6.43. The topological polar surface area (TPSA) is 9.23 Å². The molecule has 0 aromatic rings. The van der Waals surface area contributed by atoms with Crippen molar-refractivity contribution in [3.8, 4) is 0 Å². The lowest BCUT2D eigenvalue weighted by molar-refractivity contribution is 0.304. The van der Waals surface area contributed by atoms with Gasteiger partial charge in [0.15, 0.2) is 0 Å². The van der Waals surface area contributed by atoms with Crippen LogP contribution in [0.5, 0.6) is 0 Å². The van der Waals surface area contributed by atoms with Gasteiger partial charge in [-0.05, 0) is 27.7 Å². The monoisotopic (exact) mass is 214 g/mol. The van der Waals surface area contributed by atoms with Crippen LogP contribution in [0.15, 0.2) is 21.9 Å². The fourth-order valence-corrected chi connectivity index (χ4v) is 2.04. The van der Waals surface area contributed by atoms with Gasteiger partial charge in [0, 0.05) is 0 Å². The Labute approximate surface area is 86.9 Å². The summed E-state index contributed by atoms with van der Waals surface area (Å²) in [6.07, 6.45) is 0. The van der Waals surface area contributed by atoms with E-state index < -0.39 is 0 Å². The summed E-state index contributed by atoms with van der Waals surface area (Å²) < 4.78 is 5.78. The van der Waals surface area contributed by atoms with E-state index in [0.717, 1.165) is 11.5 Å². The van der Waals surface area contributed by atoms with E-state index in [-0.39, 0.29) is 19.0 Å². The zero-order valence-electron chi connectivity index (χ0n) is 9.82. The van der Waals surface area contributed by atoms with Crippen LogP contribution >= 0.6 is 0 Å². The summed E-state index contributed by atoms with van der Waals surface area (Å²) >= 11 is 0. The molecule has 0 aliphatic rings. The third kappa shape index (κ3) is 4.48. The predicted molar refractivity (Wildman–Crippen MR) is 66.6 cm³/mol. The molecule has 0 aliphatic heterocycles. The minimum absolute atomic E-state index is 0.0395. The third-order valence-corrected chi connectivity index (χ3v) is 5.69. The van der Waals surface area contributed by atoms with Gasteiger partial charge in [0.1, 0.15) is 0 Å². The van der Waals surface area contributed by atoms with Crippen LogP contribution in [0, 0.1) is 0 Å². The van der Waals surface area contributed by atoms with Crippen LogP contribution in [0.4, 0.5) is 0 Å². The zero-order chi connectivity index (χ0) is 10.4. The fraction of sp³-hybridized carbons (Fsp3) is 0.600. The van der Waals surface area contributed by atoms with Crippen LogP contribution in [0.1, 0.15) is 27.7 Å². The van der Waals surface area contributed by atoms with E-state index in [1.165, 1.54) is 10.4 Å². The fourth-order valence-electron chi connectivity index (χ4n) is 0.902. The molecular formula is C10H22OSi2. The van der Waals surface area contributed by atoms with Crippen molar-refractivity contribution in [2.75, 3.05) is 0 Å². The first-order valence-electron chi connectivity index (χ1n) is 5.03. The van der Waals surface area contributed by atoms with Crippen LogP contribution in [-0.4, -0.2) is 19.0 Å². The molecule has 0 aliphatic carbocycles. The Bertz CT molecular complexity index is 205. The molecule has 0 saturated carbocycles. The molecule has 0 amide bonds. The van der Waals surface area contributed by atoms with E-state index >= 15 is 0 Å². The van der Waals surface area contributed by atoms with Crippen molar-refractivity contribution >= 4 is 19.0 Å².